The first-order valence-corrected chi connectivity index (χ1v) is 5.70. The zero-order valence-corrected chi connectivity index (χ0v) is 8.95. The van der Waals surface area contributed by atoms with Crippen LogP contribution in [0, 0.1) is 5.92 Å². The van der Waals surface area contributed by atoms with E-state index >= 15 is 0 Å². The van der Waals surface area contributed by atoms with Crippen molar-refractivity contribution in [2.45, 2.75) is 19.3 Å². The van der Waals surface area contributed by atoms with Crippen LogP contribution in [0.2, 0.25) is 0 Å². The quantitative estimate of drug-likeness (QED) is 0.745. The third kappa shape index (κ3) is 1.96. The molecule has 0 aromatic carbocycles. The van der Waals surface area contributed by atoms with E-state index in [2.05, 4.69) is 15.9 Å². The van der Waals surface area contributed by atoms with Gasteiger partial charge in [-0.05, 0) is 40.8 Å². The van der Waals surface area contributed by atoms with Gasteiger partial charge in [-0.1, -0.05) is 0 Å². The summed E-state index contributed by atoms with van der Waals surface area (Å²) in [4.78, 5) is 11.5. The SMILES string of the molecule is O=C(CC1CC1)c1csc(Br)c1. The standard InChI is InChI=1S/C9H9BrOS/c10-9-4-7(5-12-9)8(11)3-6-1-2-6/h4-6H,1-3H2. The van der Waals surface area contributed by atoms with Gasteiger partial charge in [0.2, 0.25) is 0 Å². The topological polar surface area (TPSA) is 17.1 Å². The molecule has 2 rings (SSSR count). The first-order chi connectivity index (χ1) is 5.75. The van der Waals surface area contributed by atoms with Crippen molar-refractivity contribution in [3.05, 3.63) is 20.8 Å². The second kappa shape index (κ2) is 3.30. The van der Waals surface area contributed by atoms with Crippen LogP contribution in [0.4, 0.5) is 0 Å². The Labute approximate surface area is 83.9 Å². The zero-order valence-electron chi connectivity index (χ0n) is 6.55. The second-order valence-corrected chi connectivity index (χ2v) is 5.50. The van der Waals surface area contributed by atoms with Crippen LogP contribution in [0.3, 0.4) is 0 Å². The van der Waals surface area contributed by atoms with E-state index in [0.29, 0.717) is 11.7 Å². The van der Waals surface area contributed by atoms with E-state index in [1.165, 1.54) is 12.8 Å². The molecule has 0 bridgehead atoms. The van der Waals surface area contributed by atoms with Crippen LogP contribution in [-0.2, 0) is 0 Å². The van der Waals surface area contributed by atoms with Crippen molar-refractivity contribution in [2.75, 3.05) is 0 Å². The highest BCUT2D eigenvalue weighted by molar-refractivity contribution is 9.11. The maximum Gasteiger partial charge on any atom is 0.164 e. The number of Topliss-reactive ketones (excluding diaryl/α,β-unsaturated/α-hetero) is 1. The molecule has 0 radical (unpaired) electrons. The molecule has 0 N–H and O–H groups in total. The molecule has 1 aliphatic rings. The second-order valence-electron chi connectivity index (χ2n) is 3.21. The molecule has 1 fully saturated rings. The van der Waals surface area contributed by atoms with E-state index in [1.54, 1.807) is 11.3 Å². The van der Waals surface area contributed by atoms with Crippen LogP contribution >= 0.6 is 27.3 Å². The van der Waals surface area contributed by atoms with Crippen molar-refractivity contribution < 1.29 is 4.79 Å². The predicted octanol–water partition coefficient (Wildman–Crippen LogP) is 3.49. The van der Waals surface area contributed by atoms with Gasteiger partial charge in [0, 0.05) is 17.4 Å². The van der Waals surface area contributed by atoms with Gasteiger partial charge in [-0.2, -0.15) is 0 Å². The minimum atomic E-state index is 0.305. The number of thiophene rings is 1. The Morgan fingerprint density at radius 2 is 2.42 bits per heavy atom. The van der Waals surface area contributed by atoms with E-state index in [1.807, 2.05) is 11.4 Å². The molecule has 64 valence electrons. The molecule has 1 saturated carbocycles. The summed E-state index contributed by atoms with van der Waals surface area (Å²) < 4.78 is 1.04. The largest absolute Gasteiger partial charge is 0.294 e. The van der Waals surface area contributed by atoms with Gasteiger partial charge >= 0.3 is 0 Å². The Bertz CT molecular complexity index is 301. The normalized spacial score (nSPS) is 16.4. The molecular formula is C9H9BrOS. The van der Waals surface area contributed by atoms with E-state index in [0.717, 1.165) is 15.8 Å². The molecule has 1 aromatic heterocycles. The van der Waals surface area contributed by atoms with Crippen molar-refractivity contribution in [1.29, 1.82) is 0 Å². The summed E-state index contributed by atoms with van der Waals surface area (Å²) in [6.45, 7) is 0. The van der Waals surface area contributed by atoms with E-state index in [9.17, 15) is 4.79 Å². The molecule has 0 unspecified atom stereocenters. The summed E-state index contributed by atoms with van der Waals surface area (Å²) in [6.07, 6.45) is 3.25. The summed E-state index contributed by atoms with van der Waals surface area (Å²) in [6, 6.07) is 1.91. The Morgan fingerprint density at radius 3 is 2.92 bits per heavy atom. The van der Waals surface area contributed by atoms with Crippen molar-refractivity contribution in [1.82, 2.24) is 0 Å². The molecule has 0 spiro atoms. The van der Waals surface area contributed by atoms with Crippen LogP contribution < -0.4 is 0 Å². The molecule has 0 amide bonds. The molecule has 0 aliphatic heterocycles. The Balaban J connectivity index is 2.03. The fourth-order valence-corrected chi connectivity index (χ4v) is 2.32. The molecular weight excluding hydrogens is 236 g/mol. The number of hydrogen-bond donors (Lipinski definition) is 0. The van der Waals surface area contributed by atoms with Crippen molar-refractivity contribution in [2.24, 2.45) is 5.92 Å². The number of halogens is 1. The average Bonchev–Trinajstić information content (AvgIpc) is 2.72. The first kappa shape index (κ1) is 8.45. The third-order valence-corrected chi connectivity index (χ3v) is 3.56. The van der Waals surface area contributed by atoms with Crippen LogP contribution in [0.25, 0.3) is 0 Å². The molecule has 1 heterocycles. The van der Waals surface area contributed by atoms with E-state index < -0.39 is 0 Å². The van der Waals surface area contributed by atoms with Gasteiger partial charge < -0.3 is 0 Å². The molecule has 12 heavy (non-hydrogen) atoms. The average molecular weight is 245 g/mol. The third-order valence-electron chi connectivity index (χ3n) is 2.06. The fourth-order valence-electron chi connectivity index (χ4n) is 1.16. The molecule has 1 nitrogen and oxygen atoms in total. The molecule has 3 heteroatoms. The number of hydrogen-bond acceptors (Lipinski definition) is 2. The maximum absolute atomic E-state index is 11.5. The number of carbonyl (C=O) groups excluding carboxylic acids is 1. The van der Waals surface area contributed by atoms with Gasteiger partial charge in [-0.3, -0.25) is 4.79 Å². The van der Waals surface area contributed by atoms with Crippen molar-refractivity contribution >= 4 is 33.0 Å². The van der Waals surface area contributed by atoms with Crippen molar-refractivity contribution in [3.8, 4) is 0 Å². The number of carbonyl (C=O) groups is 1. The molecule has 0 atom stereocenters. The molecule has 1 aliphatic carbocycles. The van der Waals surface area contributed by atoms with Gasteiger partial charge in [0.25, 0.3) is 0 Å². The van der Waals surface area contributed by atoms with Gasteiger partial charge in [0.1, 0.15) is 0 Å². The molecule has 1 aromatic rings. The predicted molar refractivity (Wildman–Crippen MR) is 53.7 cm³/mol. The van der Waals surface area contributed by atoms with E-state index in [-0.39, 0.29) is 0 Å². The zero-order chi connectivity index (χ0) is 8.55. The van der Waals surface area contributed by atoms with Gasteiger partial charge in [0.15, 0.2) is 5.78 Å². The lowest BCUT2D eigenvalue weighted by Crippen LogP contribution is -1.97. The van der Waals surface area contributed by atoms with Crippen LogP contribution in [0.15, 0.2) is 15.2 Å². The Hall–Kier alpha value is -0.150. The lowest BCUT2D eigenvalue weighted by atomic mass is 10.1. The van der Waals surface area contributed by atoms with Crippen LogP contribution in [0.5, 0.6) is 0 Å². The maximum atomic E-state index is 11.5. The lowest BCUT2D eigenvalue weighted by molar-refractivity contribution is 0.0976. The number of ketones is 1. The summed E-state index contributed by atoms with van der Waals surface area (Å²) in [5.41, 5.74) is 0.874. The summed E-state index contributed by atoms with van der Waals surface area (Å²) >= 11 is 4.92. The van der Waals surface area contributed by atoms with E-state index in [4.69, 9.17) is 0 Å². The summed E-state index contributed by atoms with van der Waals surface area (Å²) in [5.74, 6) is 0.996. The Morgan fingerprint density at radius 1 is 1.67 bits per heavy atom. The van der Waals surface area contributed by atoms with Gasteiger partial charge in [-0.25, -0.2) is 0 Å². The molecule has 0 saturated heterocycles. The summed E-state index contributed by atoms with van der Waals surface area (Å²) in [5, 5.41) is 1.93. The number of rotatable bonds is 3. The van der Waals surface area contributed by atoms with Crippen LogP contribution in [-0.4, -0.2) is 5.78 Å². The highest BCUT2D eigenvalue weighted by Crippen LogP contribution is 2.34. The minimum absolute atomic E-state index is 0.305. The smallest absolute Gasteiger partial charge is 0.164 e. The van der Waals surface area contributed by atoms with Gasteiger partial charge in [-0.15, -0.1) is 11.3 Å². The lowest BCUT2D eigenvalue weighted by Gasteiger charge is -1.93. The highest BCUT2D eigenvalue weighted by atomic mass is 79.9. The van der Waals surface area contributed by atoms with Gasteiger partial charge in [0.05, 0.1) is 3.79 Å². The monoisotopic (exact) mass is 244 g/mol. The first-order valence-electron chi connectivity index (χ1n) is 4.03. The Kier molecular flexibility index (Phi) is 2.33. The summed E-state index contributed by atoms with van der Waals surface area (Å²) in [7, 11) is 0. The van der Waals surface area contributed by atoms with Crippen LogP contribution in [0.1, 0.15) is 29.6 Å². The fraction of sp³-hybridized carbons (Fsp3) is 0.444. The minimum Gasteiger partial charge on any atom is -0.294 e. The highest BCUT2D eigenvalue weighted by Gasteiger charge is 2.25. The van der Waals surface area contributed by atoms with Crippen molar-refractivity contribution in [3.63, 3.8) is 0 Å².